The molecule has 0 aliphatic carbocycles. The largest absolute Gasteiger partial charge is 0.376 e. The highest BCUT2D eigenvalue weighted by molar-refractivity contribution is 9.10. The van der Waals surface area contributed by atoms with Crippen LogP contribution in [0.4, 0.5) is 0 Å². The van der Waals surface area contributed by atoms with Gasteiger partial charge in [-0.1, -0.05) is 34.1 Å². The molecule has 0 radical (unpaired) electrons. The van der Waals surface area contributed by atoms with E-state index in [0.29, 0.717) is 6.61 Å². The number of hydrogen-bond donors (Lipinski definition) is 0. The molecule has 0 aliphatic rings. The van der Waals surface area contributed by atoms with E-state index in [2.05, 4.69) is 34.6 Å². The van der Waals surface area contributed by atoms with Gasteiger partial charge in [-0.15, -0.1) is 6.58 Å². The van der Waals surface area contributed by atoms with E-state index in [1.165, 1.54) is 5.56 Å². The van der Waals surface area contributed by atoms with Crippen molar-refractivity contribution in [3.05, 3.63) is 47.0 Å². The monoisotopic (exact) mass is 240 g/mol. The molecule has 0 bridgehead atoms. The zero-order valence-corrected chi connectivity index (χ0v) is 9.09. The standard InChI is InChI=1S/C11H13BrO/c1-2-3-7-13-9-10-5-4-6-11(12)8-10/h2,4-6,8H,1,3,7,9H2. The van der Waals surface area contributed by atoms with Crippen LogP contribution in [0.2, 0.25) is 0 Å². The van der Waals surface area contributed by atoms with Crippen LogP contribution in [0.3, 0.4) is 0 Å². The second-order valence-corrected chi connectivity index (χ2v) is 3.68. The molecule has 1 aromatic carbocycles. The summed E-state index contributed by atoms with van der Waals surface area (Å²) in [5.74, 6) is 0. The Kier molecular flexibility index (Phi) is 4.79. The van der Waals surface area contributed by atoms with Crippen molar-refractivity contribution in [2.45, 2.75) is 13.0 Å². The Morgan fingerprint density at radius 1 is 1.46 bits per heavy atom. The van der Waals surface area contributed by atoms with Crippen LogP contribution >= 0.6 is 15.9 Å². The summed E-state index contributed by atoms with van der Waals surface area (Å²) in [6.07, 6.45) is 2.77. The van der Waals surface area contributed by atoms with Crippen LogP contribution in [-0.2, 0) is 11.3 Å². The molecule has 0 spiro atoms. The molecule has 70 valence electrons. The minimum atomic E-state index is 0.674. The Hall–Kier alpha value is -0.600. The first-order valence-electron chi connectivity index (χ1n) is 4.26. The Labute approximate surface area is 87.5 Å². The van der Waals surface area contributed by atoms with E-state index in [0.717, 1.165) is 17.5 Å². The van der Waals surface area contributed by atoms with Gasteiger partial charge in [-0.05, 0) is 24.1 Å². The number of hydrogen-bond acceptors (Lipinski definition) is 1. The quantitative estimate of drug-likeness (QED) is 0.565. The summed E-state index contributed by atoms with van der Waals surface area (Å²) in [5, 5.41) is 0. The van der Waals surface area contributed by atoms with Gasteiger partial charge in [0, 0.05) is 4.47 Å². The van der Waals surface area contributed by atoms with E-state index < -0.39 is 0 Å². The molecule has 0 heterocycles. The van der Waals surface area contributed by atoms with Crippen LogP contribution < -0.4 is 0 Å². The van der Waals surface area contributed by atoms with Crippen LogP contribution in [-0.4, -0.2) is 6.61 Å². The van der Waals surface area contributed by atoms with Crippen molar-refractivity contribution in [2.75, 3.05) is 6.61 Å². The molecule has 0 aliphatic heterocycles. The van der Waals surface area contributed by atoms with Crippen LogP contribution in [0, 0.1) is 0 Å². The third-order valence-corrected chi connectivity index (χ3v) is 2.12. The molecule has 0 fully saturated rings. The Morgan fingerprint density at radius 3 is 3.00 bits per heavy atom. The van der Waals surface area contributed by atoms with Crippen molar-refractivity contribution < 1.29 is 4.74 Å². The van der Waals surface area contributed by atoms with Crippen molar-refractivity contribution in [3.63, 3.8) is 0 Å². The molecule has 1 rings (SSSR count). The molecule has 2 heteroatoms. The maximum Gasteiger partial charge on any atom is 0.0717 e. The van der Waals surface area contributed by atoms with E-state index in [-0.39, 0.29) is 0 Å². The highest BCUT2D eigenvalue weighted by Crippen LogP contribution is 2.12. The molecule has 0 saturated carbocycles. The maximum absolute atomic E-state index is 5.42. The molecule has 0 unspecified atom stereocenters. The summed E-state index contributed by atoms with van der Waals surface area (Å²) in [7, 11) is 0. The van der Waals surface area contributed by atoms with Crippen molar-refractivity contribution in [1.29, 1.82) is 0 Å². The van der Waals surface area contributed by atoms with Crippen LogP contribution in [0.5, 0.6) is 0 Å². The number of rotatable bonds is 5. The Bertz CT molecular complexity index is 271. The molecule has 13 heavy (non-hydrogen) atoms. The van der Waals surface area contributed by atoms with Gasteiger partial charge >= 0.3 is 0 Å². The molecule has 0 N–H and O–H groups in total. The zero-order chi connectivity index (χ0) is 9.52. The molecule has 0 saturated heterocycles. The van der Waals surface area contributed by atoms with Crippen LogP contribution in [0.15, 0.2) is 41.4 Å². The van der Waals surface area contributed by atoms with Crippen molar-refractivity contribution in [3.8, 4) is 0 Å². The smallest absolute Gasteiger partial charge is 0.0717 e. The number of benzene rings is 1. The van der Waals surface area contributed by atoms with Gasteiger partial charge in [0.1, 0.15) is 0 Å². The highest BCUT2D eigenvalue weighted by Gasteiger charge is 1.93. The summed E-state index contributed by atoms with van der Waals surface area (Å²) in [5.41, 5.74) is 1.19. The van der Waals surface area contributed by atoms with Gasteiger partial charge in [0.15, 0.2) is 0 Å². The second-order valence-electron chi connectivity index (χ2n) is 2.76. The van der Waals surface area contributed by atoms with Gasteiger partial charge in [0.2, 0.25) is 0 Å². The summed E-state index contributed by atoms with van der Waals surface area (Å²) >= 11 is 3.41. The summed E-state index contributed by atoms with van der Waals surface area (Å²) in [6.45, 7) is 5.05. The molecule has 1 nitrogen and oxygen atoms in total. The van der Waals surface area contributed by atoms with E-state index in [1.54, 1.807) is 0 Å². The first-order chi connectivity index (χ1) is 6.33. The first-order valence-corrected chi connectivity index (χ1v) is 5.05. The normalized spacial score (nSPS) is 9.92. The third-order valence-electron chi connectivity index (χ3n) is 1.62. The van der Waals surface area contributed by atoms with Crippen molar-refractivity contribution in [2.24, 2.45) is 0 Å². The Morgan fingerprint density at radius 2 is 2.31 bits per heavy atom. The van der Waals surface area contributed by atoms with Crippen LogP contribution in [0.1, 0.15) is 12.0 Å². The number of ether oxygens (including phenoxy) is 1. The van der Waals surface area contributed by atoms with Gasteiger partial charge in [-0.25, -0.2) is 0 Å². The fourth-order valence-electron chi connectivity index (χ4n) is 0.983. The lowest BCUT2D eigenvalue weighted by molar-refractivity contribution is 0.125. The lowest BCUT2D eigenvalue weighted by Crippen LogP contribution is -1.93. The summed E-state index contributed by atoms with van der Waals surface area (Å²) < 4.78 is 6.52. The van der Waals surface area contributed by atoms with E-state index in [4.69, 9.17) is 4.74 Å². The zero-order valence-electron chi connectivity index (χ0n) is 7.50. The molecule has 1 aromatic rings. The minimum Gasteiger partial charge on any atom is -0.376 e. The molecule has 0 atom stereocenters. The fourth-order valence-corrected chi connectivity index (χ4v) is 1.43. The van der Waals surface area contributed by atoms with Gasteiger partial charge in [-0.2, -0.15) is 0 Å². The average molecular weight is 241 g/mol. The SMILES string of the molecule is C=CCCOCc1cccc(Br)c1. The lowest BCUT2D eigenvalue weighted by atomic mass is 10.2. The highest BCUT2D eigenvalue weighted by atomic mass is 79.9. The van der Waals surface area contributed by atoms with E-state index >= 15 is 0 Å². The molecular weight excluding hydrogens is 228 g/mol. The number of halogens is 1. The molecule has 0 amide bonds. The van der Waals surface area contributed by atoms with Gasteiger partial charge in [0.05, 0.1) is 13.2 Å². The second kappa shape index (κ2) is 5.95. The van der Waals surface area contributed by atoms with Crippen molar-refractivity contribution in [1.82, 2.24) is 0 Å². The fraction of sp³-hybridized carbons (Fsp3) is 0.273. The first kappa shape index (κ1) is 10.5. The summed E-state index contributed by atoms with van der Waals surface area (Å²) in [6, 6.07) is 8.14. The lowest BCUT2D eigenvalue weighted by Gasteiger charge is -2.02. The maximum atomic E-state index is 5.42. The van der Waals surface area contributed by atoms with Gasteiger partial charge < -0.3 is 4.74 Å². The van der Waals surface area contributed by atoms with E-state index in [1.807, 2.05) is 18.2 Å². The summed E-state index contributed by atoms with van der Waals surface area (Å²) in [4.78, 5) is 0. The topological polar surface area (TPSA) is 9.23 Å². The Balaban J connectivity index is 2.32. The average Bonchev–Trinajstić information content (AvgIpc) is 2.13. The predicted octanol–water partition coefficient (Wildman–Crippen LogP) is 3.54. The minimum absolute atomic E-state index is 0.674. The predicted molar refractivity (Wildman–Crippen MR) is 58.6 cm³/mol. The molecular formula is C11H13BrO. The van der Waals surface area contributed by atoms with Gasteiger partial charge in [-0.3, -0.25) is 0 Å². The molecule has 0 aromatic heterocycles. The van der Waals surface area contributed by atoms with Crippen LogP contribution in [0.25, 0.3) is 0 Å². The van der Waals surface area contributed by atoms with Crippen molar-refractivity contribution >= 4 is 15.9 Å². The van der Waals surface area contributed by atoms with E-state index in [9.17, 15) is 0 Å². The van der Waals surface area contributed by atoms with Gasteiger partial charge in [0.25, 0.3) is 0 Å². The third kappa shape index (κ3) is 4.25.